The van der Waals surface area contributed by atoms with Crippen molar-refractivity contribution >= 4 is 22.9 Å². The number of nitro benzene ring substituents is 1. The van der Waals surface area contributed by atoms with Crippen molar-refractivity contribution in [2.45, 2.75) is 25.8 Å². The average Bonchev–Trinajstić information content (AvgIpc) is 3.24. The van der Waals surface area contributed by atoms with Gasteiger partial charge < -0.3 is 5.32 Å². The molecule has 1 fully saturated rings. The molecule has 22 heavy (non-hydrogen) atoms. The minimum absolute atomic E-state index is 0.0149. The lowest BCUT2D eigenvalue weighted by Gasteiger charge is -2.10. The van der Waals surface area contributed by atoms with Crippen LogP contribution in [0.1, 0.15) is 30.3 Å². The fourth-order valence-corrected chi connectivity index (χ4v) is 3.06. The largest absolute Gasteiger partial charge is 0.348 e. The van der Waals surface area contributed by atoms with Gasteiger partial charge in [0, 0.05) is 29.1 Å². The molecule has 6 nitrogen and oxygen atoms in total. The van der Waals surface area contributed by atoms with Crippen LogP contribution in [0.4, 0.5) is 5.69 Å². The van der Waals surface area contributed by atoms with Crippen LogP contribution < -0.4 is 5.32 Å². The van der Waals surface area contributed by atoms with E-state index in [-0.39, 0.29) is 17.6 Å². The number of nitrogens with one attached hydrogen (secondary N) is 1. The zero-order valence-corrected chi connectivity index (χ0v) is 12.8. The normalized spacial score (nSPS) is 15.3. The van der Waals surface area contributed by atoms with Crippen molar-refractivity contribution < 1.29 is 9.72 Å². The van der Waals surface area contributed by atoms with Gasteiger partial charge in [0.15, 0.2) is 0 Å². The number of non-ortho nitro benzene ring substituents is 1. The van der Waals surface area contributed by atoms with Crippen molar-refractivity contribution in [3.8, 4) is 10.6 Å². The van der Waals surface area contributed by atoms with E-state index in [1.54, 1.807) is 17.5 Å². The maximum absolute atomic E-state index is 12.1. The number of amides is 1. The minimum Gasteiger partial charge on any atom is -0.348 e. The Labute approximate surface area is 131 Å². The smallest absolute Gasteiger partial charge is 0.270 e. The van der Waals surface area contributed by atoms with Crippen LogP contribution in [-0.2, 0) is 0 Å². The molecule has 1 heterocycles. The van der Waals surface area contributed by atoms with Gasteiger partial charge in [-0.15, -0.1) is 11.3 Å². The molecule has 1 saturated carbocycles. The molecular formula is C15H15N3O3S. The van der Waals surface area contributed by atoms with Crippen LogP contribution in [0.2, 0.25) is 0 Å². The Morgan fingerprint density at radius 3 is 2.95 bits per heavy atom. The predicted octanol–water partition coefficient (Wildman–Crippen LogP) is 3.25. The number of rotatable bonds is 5. The van der Waals surface area contributed by atoms with Crippen LogP contribution >= 0.6 is 11.3 Å². The van der Waals surface area contributed by atoms with Gasteiger partial charge in [0.25, 0.3) is 11.6 Å². The molecule has 0 spiro atoms. The van der Waals surface area contributed by atoms with Gasteiger partial charge in [0.2, 0.25) is 0 Å². The first-order valence-corrected chi connectivity index (χ1v) is 7.94. The van der Waals surface area contributed by atoms with Crippen molar-refractivity contribution in [2.75, 3.05) is 0 Å². The number of benzene rings is 1. The summed E-state index contributed by atoms with van der Waals surface area (Å²) in [4.78, 5) is 26.8. The Bertz CT molecular complexity index is 724. The molecule has 1 aliphatic rings. The molecule has 3 rings (SSSR count). The summed E-state index contributed by atoms with van der Waals surface area (Å²) >= 11 is 1.31. The van der Waals surface area contributed by atoms with Crippen LogP contribution in [0, 0.1) is 16.0 Å². The van der Waals surface area contributed by atoms with E-state index in [0.29, 0.717) is 22.2 Å². The highest BCUT2D eigenvalue weighted by Gasteiger charge is 2.29. The van der Waals surface area contributed by atoms with Crippen molar-refractivity contribution in [1.82, 2.24) is 10.3 Å². The molecule has 1 aliphatic carbocycles. The number of nitrogens with zero attached hydrogens (tertiary/aromatic N) is 2. The average molecular weight is 317 g/mol. The Balaban J connectivity index is 1.76. The number of carbonyl (C=O) groups excluding carboxylic acids is 1. The van der Waals surface area contributed by atoms with E-state index in [2.05, 4.69) is 10.3 Å². The maximum Gasteiger partial charge on any atom is 0.270 e. The molecular weight excluding hydrogens is 302 g/mol. The van der Waals surface area contributed by atoms with Crippen LogP contribution in [0.5, 0.6) is 0 Å². The van der Waals surface area contributed by atoms with Gasteiger partial charge in [-0.25, -0.2) is 4.98 Å². The van der Waals surface area contributed by atoms with Gasteiger partial charge in [-0.1, -0.05) is 12.1 Å². The van der Waals surface area contributed by atoms with Crippen molar-refractivity contribution in [1.29, 1.82) is 0 Å². The van der Waals surface area contributed by atoms with Crippen molar-refractivity contribution in [3.63, 3.8) is 0 Å². The lowest BCUT2D eigenvalue weighted by atomic mass is 10.2. The molecule has 0 saturated heterocycles. The van der Waals surface area contributed by atoms with Crippen LogP contribution in [-0.4, -0.2) is 21.9 Å². The lowest BCUT2D eigenvalue weighted by Crippen LogP contribution is -2.34. The summed E-state index contributed by atoms with van der Waals surface area (Å²) in [5.41, 5.74) is 1.02. The molecule has 1 N–H and O–H groups in total. The second-order valence-electron chi connectivity index (χ2n) is 5.44. The number of hydrogen-bond acceptors (Lipinski definition) is 5. The highest BCUT2D eigenvalue weighted by Crippen LogP contribution is 2.32. The number of nitro groups is 1. The third-order valence-electron chi connectivity index (χ3n) is 3.73. The fraction of sp³-hybridized carbons (Fsp3) is 0.333. The Morgan fingerprint density at radius 2 is 2.27 bits per heavy atom. The maximum atomic E-state index is 12.1. The summed E-state index contributed by atoms with van der Waals surface area (Å²) in [6.45, 7) is 2.00. The van der Waals surface area contributed by atoms with Gasteiger partial charge >= 0.3 is 0 Å². The summed E-state index contributed by atoms with van der Waals surface area (Å²) in [6.07, 6.45) is 2.33. The lowest BCUT2D eigenvalue weighted by molar-refractivity contribution is -0.384. The molecule has 0 unspecified atom stereocenters. The quantitative estimate of drug-likeness (QED) is 0.677. The van der Waals surface area contributed by atoms with Crippen molar-refractivity contribution in [2.24, 2.45) is 5.92 Å². The summed E-state index contributed by atoms with van der Waals surface area (Å²) in [5, 5.41) is 16.1. The number of carbonyl (C=O) groups is 1. The summed E-state index contributed by atoms with van der Waals surface area (Å²) < 4.78 is 0. The summed E-state index contributed by atoms with van der Waals surface area (Å²) in [7, 11) is 0. The van der Waals surface area contributed by atoms with Gasteiger partial charge in [-0.05, 0) is 25.7 Å². The van der Waals surface area contributed by atoms with Crippen LogP contribution in [0.25, 0.3) is 10.6 Å². The topological polar surface area (TPSA) is 85.1 Å². The number of aromatic nitrogens is 1. The van der Waals surface area contributed by atoms with E-state index in [4.69, 9.17) is 0 Å². The van der Waals surface area contributed by atoms with E-state index < -0.39 is 4.92 Å². The fourth-order valence-electron chi connectivity index (χ4n) is 2.26. The number of hydrogen-bond donors (Lipinski definition) is 1. The molecule has 7 heteroatoms. The Hall–Kier alpha value is -2.28. The van der Waals surface area contributed by atoms with Gasteiger partial charge in [-0.3, -0.25) is 14.9 Å². The predicted molar refractivity (Wildman–Crippen MR) is 83.9 cm³/mol. The first kappa shape index (κ1) is 14.6. The Morgan fingerprint density at radius 1 is 1.50 bits per heavy atom. The Kier molecular flexibility index (Phi) is 3.89. The molecule has 0 bridgehead atoms. The highest BCUT2D eigenvalue weighted by molar-refractivity contribution is 7.13. The van der Waals surface area contributed by atoms with E-state index >= 15 is 0 Å². The van der Waals surface area contributed by atoms with Gasteiger partial charge in [0.1, 0.15) is 10.7 Å². The molecule has 1 aromatic carbocycles. The third-order valence-corrected chi connectivity index (χ3v) is 4.62. The van der Waals surface area contributed by atoms with Gasteiger partial charge in [-0.2, -0.15) is 0 Å². The molecule has 1 amide bonds. The molecule has 0 radical (unpaired) electrons. The monoisotopic (exact) mass is 317 g/mol. The molecule has 2 aromatic rings. The standard InChI is InChI=1S/C15H15N3O3S/c1-9(10-5-6-10)16-14(19)13-8-22-15(17-13)11-3-2-4-12(7-11)18(20)21/h2-4,7-10H,5-6H2,1H3,(H,16,19)/t9-/m0/s1. The van der Waals surface area contributed by atoms with Crippen LogP contribution in [0.3, 0.4) is 0 Å². The van der Waals surface area contributed by atoms with E-state index in [9.17, 15) is 14.9 Å². The van der Waals surface area contributed by atoms with Gasteiger partial charge in [0.05, 0.1) is 4.92 Å². The zero-order chi connectivity index (χ0) is 15.7. The van der Waals surface area contributed by atoms with Crippen LogP contribution in [0.15, 0.2) is 29.6 Å². The van der Waals surface area contributed by atoms with Crippen molar-refractivity contribution in [3.05, 3.63) is 45.5 Å². The molecule has 1 atom stereocenters. The number of thiazole rings is 1. The summed E-state index contributed by atoms with van der Waals surface area (Å²) in [5.74, 6) is 0.395. The van der Waals surface area contributed by atoms with E-state index in [0.717, 1.165) is 12.8 Å². The van der Waals surface area contributed by atoms with E-state index in [1.165, 1.54) is 23.5 Å². The first-order chi connectivity index (χ1) is 10.5. The second kappa shape index (κ2) is 5.84. The molecule has 114 valence electrons. The molecule has 1 aromatic heterocycles. The third kappa shape index (κ3) is 3.14. The summed E-state index contributed by atoms with van der Waals surface area (Å²) in [6, 6.07) is 6.43. The SMILES string of the molecule is C[C@H](NC(=O)c1csc(-c2cccc([N+](=O)[O-])c2)n1)C1CC1. The zero-order valence-electron chi connectivity index (χ0n) is 12.0. The second-order valence-corrected chi connectivity index (χ2v) is 6.30. The highest BCUT2D eigenvalue weighted by atomic mass is 32.1. The minimum atomic E-state index is -0.442. The first-order valence-electron chi connectivity index (χ1n) is 7.06. The molecule has 0 aliphatic heterocycles. The van der Waals surface area contributed by atoms with E-state index in [1.807, 2.05) is 6.92 Å².